The van der Waals surface area contributed by atoms with Crippen molar-refractivity contribution in [3.63, 3.8) is 0 Å². The fourth-order valence-electron chi connectivity index (χ4n) is 1.85. The Morgan fingerprint density at radius 3 is 2.35 bits per heavy atom. The lowest BCUT2D eigenvalue weighted by molar-refractivity contribution is 0.166. The molecular formula is C18H20O2. The van der Waals surface area contributed by atoms with Crippen LogP contribution in [0.25, 0.3) is 0 Å². The molecule has 0 aliphatic heterocycles. The lowest BCUT2D eigenvalue weighted by Crippen LogP contribution is -1.99. The van der Waals surface area contributed by atoms with Crippen LogP contribution in [0.1, 0.15) is 11.1 Å². The van der Waals surface area contributed by atoms with Crippen molar-refractivity contribution in [2.45, 2.75) is 13.0 Å². The Morgan fingerprint density at radius 1 is 0.900 bits per heavy atom. The van der Waals surface area contributed by atoms with E-state index in [2.05, 4.69) is 30.8 Å². The lowest BCUT2D eigenvalue weighted by atomic mass is 10.1. The Balaban J connectivity index is 1.78. The minimum atomic E-state index is 0.600. The summed E-state index contributed by atoms with van der Waals surface area (Å²) < 4.78 is 11.1. The van der Waals surface area contributed by atoms with Crippen LogP contribution in [0.3, 0.4) is 0 Å². The van der Waals surface area contributed by atoms with Crippen molar-refractivity contribution in [1.82, 2.24) is 0 Å². The highest BCUT2D eigenvalue weighted by molar-refractivity contribution is 5.28. The molecule has 0 aromatic heterocycles. The fraction of sp³-hybridized carbons (Fsp3) is 0.222. The summed E-state index contributed by atoms with van der Waals surface area (Å²) in [5, 5.41) is 0. The molecule has 0 spiro atoms. The highest BCUT2D eigenvalue weighted by atomic mass is 16.5. The Bertz CT molecular complexity index is 503. The molecule has 2 rings (SSSR count). The van der Waals surface area contributed by atoms with Gasteiger partial charge in [0.05, 0.1) is 13.2 Å². The number of hydrogen-bond acceptors (Lipinski definition) is 2. The van der Waals surface area contributed by atoms with E-state index < -0.39 is 0 Å². The Kier molecular flexibility index (Phi) is 5.87. The van der Waals surface area contributed by atoms with Crippen LogP contribution < -0.4 is 4.74 Å². The molecule has 0 aliphatic rings. The second-order valence-corrected chi connectivity index (χ2v) is 4.53. The maximum Gasteiger partial charge on any atom is 0.119 e. The van der Waals surface area contributed by atoms with Gasteiger partial charge in [-0.1, -0.05) is 48.5 Å². The minimum Gasteiger partial charge on any atom is -0.489 e. The molecule has 0 radical (unpaired) electrons. The molecule has 0 amide bonds. The molecule has 0 fully saturated rings. The van der Waals surface area contributed by atoms with Gasteiger partial charge >= 0.3 is 0 Å². The van der Waals surface area contributed by atoms with E-state index in [4.69, 9.17) is 9.47 Å². The van der Waals surface area contributed by atoms with E-state index in [0.29, 0.717) is 13.2 Å². The first-order chi connectivity index (χ1) is 9.88. The zero-order valence-corrected chi connectivity index (χ0v) is 11.6. The van der Waals surface area contributed by atoms with Gasteiger partial charge in [-0.25, -0.2) is 0 Å². The first-order valence-corrected chi connectivity index (χ1v) is 6.83. The first kappa shape index (κ1) is 14.4. The van der Waals surface area contributed by atoms with Gasteiger partial charge in [0, 0.05) is 0 Å². The lowest BCUT2D eigenvalue weighted by Gasteiger charge is -2.07. The smallest absolute Gasteiger partial charge is 0.119 e. The zero-order valence-electron chi connectivity index (χ0n) is 11.6. The van der Waals surface area contributed by atoms with Crippen LogP contribution in [0.15, 0.2) is 67.3 Å². The summed E-state index contributed by atoms with van der Waals surface area (Å²) in [6.45, 7) is 5.55. The highest BCUT2D eigenvalue weighted by Gasteiger charge is 1.97. The third kappa shape index (κ3) is 4.90. The molecule has 2 nitrogen and oxygen atoms in total. The van der Waals surface area contributed by atoms with Crippen LogP contribution in [0.4, 0.5) is 0 Å². The Morgan fingerprint density at radius 2 is 1.65 bits per heavy atom. The van der Waals surface area contributed by atoms with Crippen molar-refractivity contribution >= 4 is 0 Å². The average molecular weight is 268 g/mol. The fourth-order valence-corrected chi connectivity index (χ4v) is 1.85. The molecule has 0 atom stereocenters. The van der Waals surface area contributed by atoms with E-state index in [-0.39, 0.29) is 0 Å². The first-order valence-electron chi connectivity index (χ1n) is 6.83. The van der Waals surface area contributed by atoms with Crippen LogP contribution in [0, 0.1) is 0 Å². The van der Waals surface area contributed by atoms with Crippen LogP contribution in [0.5, 0.6) is 5.75 Å². The van der Waals surface area contributed by atoms with E-state index in [1.165, 1.54) is 11.1 Å². The molecule has 0 bridgehead atoms. The number of ether oxygens (including phenoxy) is 2. The normalized spacial score (nSPS) is 10.2. The SMILES string of the molecule is C=CCOCCc1ccc(OCc2ccccc2)cc1. The van der Waals surface area contributed by atoms with Crippen molar-refractivity contribution in [2.75, 3.05) is 13.2 Å². The third-order valence-electron chi connectivity index (χ3n) is 2.94. The maximum atomic E-state index is 5.75. The van der Waals surface area contributed by atoms with Crippen LogP contribution >= 0.6 is 0 Å². The summed E-state index contributed by atoms with van der Waals surface area (Å²) in [6, 6.07) is 18.3. The summed E-state index contributed by atoms with van der Waals surface area (Å²) in [5.41, 5.74) is 2.43. The topological polar surface area (TPSA) is 18.5 Å². The summed E-state index contributed by atoms with van der Waals surface area (Å²) in [4.78, 5) is 0. The van der Waals surface area contributed by atoms with E-state index >= 15 is 0 Å². The largest absolute Gasteiger partial charge is 0.489 e. The van der Waals surface area contributed by atoms with Crippen molar-refractivity contribution < 1.29 is 9.47 Å². The second kappa shape index (κ2) is 8.18. The third-order valence-corrected chi connectivity index (χ3v) is 2.94. The highest BCUT2D eigenvalue weighted by Crippen LogP contribution is 2.14. The molecule has 0 heterocycles. The van der Waals surface area contributed by atoms with Gasteiger partial charge in [-0.15, -0.1) is 6.58 Å². The van der Waals surface area contributed by atoms with E-state index in [9.17, 15) is 0 Å². The van der Waals surface area contributed by atoms with Crippen LogP contribution in [0.2, 0.25) is 0 Å². The molecule has 0 N–H and O–H groups in total. The van der Waals surface area contributed by atoms with Crippen LogP contribution in [-0.2, 0) is 17.8 Å². The quantitative estimate of drug-likeness (QED) is 0.532. The monoisotopic (exact) mass is 268 g/mol. The Hall–Kier alpha value is -2.06. The molecule has 104 valence electrons. The minimum absolute atomic E-state index is 0.600. The number of rotatable bonds is 8. The molecule has 0 aliphatic carbocycles. The number of benzene rings is 2. The van der Waals surface area contributed by atoms with Gasteiger partial charge < -0.3 is 9.47 Å². The molecule has 0 saturated heterocycles. The summed E-state index contributed by atoms with van der Waals surface area (Å²) >= 11 is 0. The summed E-state index contributed by atoms with van der Waals surface area (Å²) in [7, 11) is 0. The number of hydrogen-bond donors (Lipinski definition) is 0. The molecule has 0 saturated carbocycles. The molecule has 2 aromatic rings. The zero-order chi connectivity index (χ0) is 14.0. The van der Waals surface area contributed by atoms with Gasteiger partial charge in [0.15, 0.2) is 0 Å². The van der Waals surface area contributed by atoms with Gasteiger partial charge in [-0.05, 0) is 29.7 Å². The van der Waals surface area contributed by atoms with E-state index in [1.54, 1.807) is 6.08 Å². The van der Waals surface area contributed by atoms with E-state index in [0.717, 1.165) is 18.8 Å². The van der Waals surface area contributed by atoms with Crippen molar-refractivity contribution in [3.8, 4) is 5.75 Å². The van der Waals surface area contributed by atoms with Gasteiger partial charge in [-0.2, -0.15) is 0 Å². The van der Waals surface area contributed by atoms with Crippen molar-refractivity contribution in [2.24, 2.45) is 0 Å². The van der Waals surface area contributed by atoms with Crippen molar-refractivity contribution in [1.29, 1.82) is 0 Å². The summed E-state index contributed by atoms with van der Waals surface area (Å²) in [6.07, 6.45) is 2.67. The molecule has 2 aromatic carbocycles. The molecule has 0 unspecified atom stereocenters. The van der Waals surface area contributed by atoms with Gasteiger partial charge in [0.25, 0.3) is 0 Å². The predicted molar refractivity (Wildman–Crippen MR) is 81.9 cm³/mol. The Labute approximate surface area is 120 Å². The van der Waals surface area contributed by atoms with Gasteiger partial charge in [-0.3, -0.25) is 0 Å². The molecule has 20 heavy (non-hydrogen) atoms. The van der Waals surface area contributed by atoms with Crippen molar-refractivity contribution in [3.05, 3.63) is 78.4 Å². The summed E-state index contributed by atoms with van der Waals surface area (Å²) in [5.74, 6) is 0.893. The molecular weight excluding hydrogens is 248 g/mol. The van der Waals surface area contributed by atoms with Gasteiger partial charge in [0.2, 0.25) is 0 Å². The predicted octanol–water partition coefficient (Wildman–Crippen LogP) is 4.01. The maximum absolute atomic E-state index is 5.75. The van der Waals surface area contributed by atoms with Gasteiger partial charge in [0.1, 0.15) is 12.4 Å². The second-order valence-electron chi connectivity index (χ2n) is 4.53. The standard InChI is InChI=1S/C18H20O2/c1-2-13-19-14-12-16-8-10-18(11-9-16)20-15-17-6-4-3-5-7-17/h2-11H,1,12-15H2. The van der Waals surface area contributed by atoms with Crippen LogP contribution in [-0.4, -0.2) is 13.2 Å². The van der Waals surface area contributed by atoms with E-state index in [1.807, 2.05) is 30.3 Å². The molecule has 2 heteroatoms. The average Bonchev–Trinajstić information content (AvgIpc) is 2.52.